The van der Waals surface area contributed by atoms with Crippen molar-refractivity contribution in [3.63, 3.8) is 0 Å². The summed E-state index contributed by atoms with van der Waals surface area (Å²) in [6.07, 6.45) is 5.77. The number of carbonyl (C=O) groups excluding carboxylic acids is 1. The minimum atomic E-state index is -0.351. The van der Waals surface area contributed by atoms with E-state index in [1.54, 1.807) is 4.90 Å². The van der Waals surface area contributed by atoms with Crippen molar-refractivity contribution in [2.45, 2.75) is 38.9 Å². The van der Waals surface area contributed by atoms with Gasteiger partial charge >= 0.3 is 0 Å². The highest BCUT2D eigenvalue weighted by Gasteiger charge is 2.45. The summed E-state index contributed by atoms with van der Waals surface area (Å²) in [6, 6.07) is 0. The van der Waals surface area contributed by atoms with Gasteiger partial charge in [0, 0.05) is 32.2 Å². The van der Waals surface area contributed by atoms with Crippen molar-refractivity contribution in [3.8, 4) is 0 Å². The summed E-state index contributed by atoms with van der Waals surface area (Å²) in [6.45, 7) is 4.38. The molecular weight excluding hydrogens is 270 g/mol. The van der Waals surface area contributed by atoms with Crippen LogP contribution in [-0.2, 0) is 14.3 Å². The lowest BCUT2D eigenvalue weighted by atomic mass is 9.82. The minimum absolute atomic E-state index is 0.00552. The van der Waals surface area contributed by atoms with Crippen molar-refractivity contribution in [2.75, 3.05) is 26.3 Å². The topological polar surface area (TPSA) is 58.8 Å². The Morgan fingerprint density at radius 2 is 2.24 bits per heavy atom. The zero-order valence-electron chi connectivity index (χ0n) is 12.7. The van der Waals surface area contributed by atoms with Crippen LogP contribution < -0.4 is 0 Å². The van der Waals surface area contributed by atoms with Gasteiger partial charge < -0.3 is 19.5 Å². The quantitative estimate of drug-likeness (QED) is 0.724. The van der Waals surface area contributed by atoms with Crippen LogP contribution in [0.15, 0.2) is 11.8 Å². The Labute approximate surface area is 125 Å². The molecule has 1 N–H and O–H groups in total. The van der Waals surface area contributed by atoms with E-state index >= 15 is 0 Å². The number of ether oxygens (including phenoxy) is 2. The Hall–Kier alpha value is -1.07. The summed E-state index contributed by atoms with van der Waals surface area (Å²) in [5.41, 5.74) is 0. The van der Waals surface area contributed by atoms with Gasteiger partial charge in [0.25, 0.3) is 5.91 Å². The average Bonchev–Trinajstić information content (AvgIpc) is 3.37. The van der Waals surface area contributed by atoms with Crippen LogP contribution in [0, 0.1) is 17.8 Å². The zero-order valence-corrected chi connectivity index (χ0v) is 12.7. The predicted octanol–water partition coefficient (Wildman–Crippen LogP) is 1.52. The molecule has 0 aromatic carbocycles. The van der Waals surface area contributed by atoms with Gasteiger partial charge in [-0.25, -0.2) is 0 Å². The van der Waals surface area contributed by atoms with Gasteiger partial charge in [0.1, 0.15) is 0 Å². The summed E-state index contributed by atoms with van der Waals surface area (Å²) in [7, 11) is 0. The van der Waals surface area contributed by atoms with Gasteiger partial charge in [-0.2, -0.15) is 0 Å². The van der Waals surface area contributed by atoms with E-state index in [0.29, 0.717) is 24.2 Å². The Balaban J connectivity index is 1.78. The molecule has 1 saturated carbocycles. The van der Waals surface area contributed by atoms with Crippen LogP contribution in [-0.4, -0.2) is 48.5 Å². The van der Waals surface area contributed by atoms with Gasteiger partial charge in [-0.05, 0) is 50.5 Å². The van der Waals surface area contributed by atoms with Crippen LogP contribution in [0.5, 0.6) is 0 Å². The standard InChI is InChI=1S/C16H25NO4/c1-2-20-16-12(4-3-9-18)13(11-5-6-11)10-14(21-16)15(19)17-7-8-17/h10-13,16,18H,2-9H2,1H3/t12-,13+,16+/m1/s1. The number of aliphatic hydroxyl groups is 1. The minimum Gasteiger partial charge on any atom is -0.459 e. The first kappa shape index (κ1) is 14.9. The first-order valence-corrected chi connectivity index (χ1v) is 8.14. The smallest absolute Gasteiger partial charge is 0.288 e. The fraction of sp³-hybridized carbons (Fsp3) is 0.812. The molecule has 2 fully saturated rings. The maximum Gasteiger partial charge on any atom is 0.288 e. The van der Waals surface area contributed by atoms with E-state index in [1.807, 2.05) is 13.0 Å². The molecule has 1 saturated heterocycles. The van der Waals surface area contributed by atoms with E-state index in [2.05, 4.69) is 0 Å². The van der Waals surface area contributed by atoms with Crippen molar-refractivity contribution in [2.24, 2.45) is 17.8 Å². The SMILES string of the molecule is CCO[C@H]1OC(C(=O)N2CC2)=C[C@@H](C2CC2)[C@H]1CCCO. The summed E-state index contributed by atoms with van der Waals surface area (Å²) >= 11 is 0. The van der Waals surface area contributed by atoms with E-state index in [0.717, 1.165) is 25.9 Å². The van der Waals surface area contributed by atoms with E-state index in [1.165, 1.54) is 12.8 Å². The van der Waals surface area contributed by atoms with Crippen molar-refractivity contribution < 1.29 is 19.4 Å². The van der Waals surface area contributed by atoms with E-state index in [-0.39, 0.29) is 24.7 Å². The van der Waals surface area contributed by atoms with Gasteiger partial charge in [-0.3, -0.25) is 4.79 Å². The largest absolute Gasteiger partial charge is 0.459 e. The second-order valence-electron chi connectivity index (χ2n) is 6.21. The Morgan fingerprint density at radius 3 is 2.81 bits per heavy atom. The fourth-order valence-corrected chi connectivity index (χ4v) is 3.21. The van der Waals surface area contributed by atoms with Crippen LogP contribution in [0.3, 0.4) is 0 Å². The molecule has 3 rings (SSSR count). The number of nitrogens with zero attached hydrogens (tertiary/aromatic N) is 1. The number of carbonyl (C=O) groups is 1. The third-order valence-corrected chi connectivity index (χ3v) is 4.57. The number of aliphatic hydroxyl groups excluding tert-OH is 1. The maximum absolute atomic E-state index is 12.3. The molecule has 0 spiro atoms. The molecule has 0 unspecified atom stereocenters. The van der Waals surface area contributed by atoms with Gasteiger partial charge in [-0.15, -0.1) is 0 Å². The Kier molecular flexibility index (Phi) is 4.50. The average molecular weight is 295 g/mol. The fourth-order valence-electron chi connectivity index (χ4n) is 3.21. The molecule has 0 aromatic heterocycles. The molecule has 1 aliphatic carbocycles. The Bertz CT molecular complexity index is 415. The molecule has 5 nitrogen and oxygen atoms in total. The predicted molar refractivity (Wildman–Crippen MR) is 77.2 cm³/mol. The molecule has 2 aliphatic heterocycles. The third-order valence-electron chi connectivity index (χ3n) is 4.57. The van der Waals surface area contributed by atoms with Gasteiger partial charge in [-0.1, -0.05) is 0 Å². The summed E-state index contributed by atoms with van der Waals surface area (Å²) < 4.78 is 11.6. The molecule has 21 heavy (non-hydrogen) atoms. The normalized spacial score (nSPS) is 31.6. The van der Waals surface area contributed by atoms with Crippen molar-refractivity contribution in [3.05, 3.63) is 11.8 Å². The van der Waals surface area contributed by atoms with Crippen LogP contribution in [0.25, 0.3) is 0 Å². The molecule has 1 amide bonds. The van der Waals surface area contributed by atoms with Crippen LogP contribution in [0.1, 0.15) is 32.6 Å². The molecular formula is C16H25NO4. The highest BCUT2D eigenvalue weighted by Crippen LogP contribution is 2.47. The summed E-state index contributed by atoms with van der Waals surface area (Å²) in [5.74, 6) is 1.72. The molecule has 0 radical (unpaired) electrons. The summed E-state index contributed by atoms with van der Waals surface area (Å²) in [4.78, 5) is 14.0. The second kappa shape index (κ2) is 6.36. The van der Waals surface area contributed by atoms with Gasteiger partial charge in [0.2, 0.25) is 6.29 Å². The molecule has 118 valence electrons. The lowest BCUT2D eigenvalue weighted by Crippen LogP contribution is -2.39. The Morgan fingerprint density at radius 1 is 1.48 bits per heavy atom. The number of hydrogen-bond donors (Lipinski definition) is 1. The first-order valence-electron chi connectivity index (χ1n) is 8.14. The van der Waals surface area contributed by atoms with E-state index in [9.17, 15) is 4.79 Å². The van der Waals surface area contributed by atoms with E-state index < -0.39 is 0 Å². The number of hydrogen-bond acceptors (Lipinski definition) is 4. The molecule has 0 aromatic rings. The highest BCUT2D eigenvalue weighted by atomic mass is 16.7. The first-order chi connectivity index (χ1) is 10.2. The highest BCUT2D eigenvalue weighted by molar-refractivity contribution is 5.93. The monoisotopic (exact) mass is 295 g/mol. The van der Waals surface area contributed by atoms with Crippen LogP contribution >= 0.6 is 0 Å². The molecule has 2 heterocycles. The zero-order chi connectivity index (χ0) is 14.8. The number of rotatable bonds is 7. The molecule has 3 atom stereocenters. The number of allylic oxidation sites excluding steroid dienone is 1. The number of amides is 1. The van der Waals surface area contributed by atoms with Gasteiger partial charge in [0.05, 0.1) is 0 Å². The second-order valence-corrected chi connectivity index (χ2v) is 6.21. The third kappa shape index (κ3) is 3.40. The maximum atomic E-state index is 12.3. The van der Waals surface area contributed by atoms with Gasteiger partial charge in [0.15, 0.2) is 5.76 Å². The lowest BCUT2D eigenvalue weighted by molar-refractivity contribution is -0.175. The van der Waals surface area contributed by atoms with Crippen LogP contribution in [0.2, 0.25) is 0 Å². The van der Waals surface area contributed by atoms with Crippen molar-refractivity contribution in [1.29, 1.82) is 0 Å². The molecule has 5 heteroatoms. The molecule has 0 bridgehead atoms. The van der Waals surface area contributed by atoms with Crippen molar-refractivity contribution in [1.82, 2.24) is 4.90 Å². The summed E-state index contributed by atoms with van der Waals surface area (Å²) in [5, 5.41) is 9.12. The van der Waals surface area contributed by atoms with Crippen LogP contribution in [0.4, 0.5) is 0 Å². The molecule has 3 aliphatic rings. The van der Waals surface area contributed by atoms with Crippen molar-refractivity contribution >= 4 is 5.91 Å². The van der Waals surface area contributed by atoms with E-state index in [4.69, 9.17) is 14.6 Å². The lowest BCUT2D eigenvalue weighted by Gasteiger charge is -2.37.